The molecule has 1 aromatic heterocycles. The molecule has 0 radical (unpaired) electrons. The van der Waals surface area contributed by atoms with Gasteiger partial charge in [-0.15, -0.1) is 11.3 Å². The molecule has 8 heteroatoms. The van der Waals surface area contributed by atoms with Crippen molar-refractivity contribution in [1.29, 1.82) is 0 Å². The monoisotopic (exact) mass is 318 g/mol. The largest absolute Gasteiger partial charge is 0.465 e. The zero-order chi connectivity index (χ0) is 14.8. The minimum atomic E-state index is -3.69. The van der Waals surface area contributed by atoms with E-state index in [0.29, 0.717) is 18.0 Å². The summed E-state index contributed by atoms with van der Waals surface area (Å²) >= 11 is 1.09. The summed E-state index contributed by atoms with van der Waals surface area (Å²) in [5, 5.41) is 4.84. The number of thiophene rings is 1. The van der Waals surface area contributed by atoms with Gasteiger partial charge in [0.1, 0.15) is 9.77 Å². The Morgan fingerprint density at radius 1 is 1.60 bits per heavy atom. The molecule has 1 saturated heterocycles. The number of methoxy groups -OCH3 is 1. The van der Waals surface area contributed by atoms with Crippen molar-refractivity contribution in [2.75, 3.05) is 26.7 Å². The summed E-state index contributed by atoms with van der Waals surface area (Å²) in [6.45, 7) is 3.78. The van der Waals surface area contributed by atoms with Gasteiger partial charge in [-0.2, -0.15) is 0 Å². The van der Waals surface area contributed by atoms with Gasteiger partial charge in [0.05, 0.1) is 7.11 Å². The van der Waals surface area contributed by atoms with Gasteiger partial charge in [0.2, 0.25) is 10.0 Å². The summed E-state index contributed by atoms with van der Waals surface area (Å²) in [7, 11) is -2.45. The molecule has 2 N–H and O–H groups in total. The summed E-state index contributed by atoms with van der Waals surface area (Å²) < 4.78 is 32.0. The van der Waals surface area contributed by atoms with Crippen LogP contribution in [0.2, 0.25) is 0 Å². The standard InChI is InChI=1S/C12H18N2O4S2/c1-8-7-19-10(12(15)18-2)11(8)20(16,17)14-6-9-3-4-13-5-9/h7,9,13-14H,3-6H2,1-2H3. The van der Waals surface area contributed by atoms with Crippen molar-refractivity contribution in [3.05, 3.63) is 15.8 Å². The maximum Gasteiger partial charge on any atom is 0.349 e. The van der Waals surface area contributed by atoms with Gasteiger partial charge in [-0.05, 0) is 43.3 Å². The molecule has 1 aromatic rings. The quantitative estimate of drug-likeness (QED) is 0.782. The Labute approximate surface area is 122 Å². The number of hydrogen-bond donors (Lipinski definition) is 2. The van der Waals surface area contributed by atoms with Crippen LogP contribution in [0.3, 0.4) is 0 Å². The third-order valence-corrected chi connectivity index (χ3v) is 6.10. The summed E-state index contributed by atoms with van der Waals surface area (Å²) in [4.78, 5) is 11.8. The smallest absolute Gasteiger partial charge is 0.349 e. The van der Waals surface area contributed by atoms with Gasteiger partial charge in [-0.25, -0.2) is 17.9 Å². The van der Waals surface area contributed by atoms with E-state index in [9.17, 15) is 13.2 Å². The molecule has 1 fully saturated rings. The van der Waals surface area contributed by atoms with E-state index in [2.05, 4.69) is 14.8 Å². The molecule has 1 atom stereocenters. The molecule has 2 heterocycles. The van der Waals surface area contributed by atoms with Gasteiger partial charge in [0, 0.05) is 6.54 Å². The van der Waals surface area contributed by atoms with E-state index >= 15 is 0 Å². The highest BCUT2D eigenvalue weighted by molar-refractivity contribution is 7.89. The van der Waals surface area contributed by atoms with Gasteiger partial charge < -0.3 is 10.1 Å². The second-order valence-corrected chi connectivity index (χ2v) is 7.36. The van der Waals surface area contributed by atoms with E-state index < -0.39 is 16.0 Å². The zero-order valence-electron chi connectivity index (χ0n) is 11.4. The predicted octanol–water partition coefficient (Wildman–Crippen LogP) is 0.731. The summed E-state index contributed by atoms with van der Waals surface area (Å²) in [6.07, 6.45) is 0.953. The van der Waals surface area contributed by atoms with Crippen molar-refractivity contribution >= 4 is 27.3 Å². The molecule has 1 aliphatic heterocycles. The molecule has 1 aliphatic rings. The van der Waals surface area contributed by atoms with Crippen LogP contribution in [0.25, 0.3) is 0 Å². The van der Waals surface area contributed by atoms with Crippen molar-refractivity contribution in [3.63, 3.8) is 0 Å². The number of rotatable bonds is 5. The first kappa shape index (κ1) is 15.4. The summed E-state index contributed by atoms with van der Waals surface area (Å²) in [5.41, 5.74) is 0.562. The molecule has 0 aromatic carbocycles. The molecule has 6 nitrogen and oxygen atoms in total. The number of nitrogens with one attached hydrogen (secondary N) is 2. The van der Waals surface area contributed by atoms with Gasteiger partial charge >= 0.3 is 5.97 Å². The number of aryl methyl sites for hydroxylation is 1. The SMILES string of the molecule is COC(=O)c1scc(C)c1S(=O)(=O)NCC1CCNC1. The Morgan fingerprint density at radius 3 is 2.95 bits per heavy atom. The molecule has 2 rings (SSSR count). The first-order chi connectivity index (χ1) is 9.45. The lowest BCUT2D eigenvalue weighted by molar-refractivity contribution is 0.0602. The van der Waals surface area contributed by atoms with Crippen LogP contribution < -0.4 is 10.0 Å². The van der Waals surface area contributed by atoms with Crippen molar-refractivity contribution in [2.24, 2.45) is 5.92 Å². The number of carbonyl (C=O) groups excluding carboxylic acids is 1. The van der Waals surface area contributed by atoms with Gasteiger partial charge in [-0.1, -0.05) is 0 Å². The van der Waals surface area contributed by atoms with Crippen LogP contribution in [-0.2, 0) is 14.8 Å². The molecule has 20 heavy (non-hydrogen) atoms. The number of hydrogen-bond acceptors (Lipinski definition) is 6. The van der Waals surface area contributed by atoms with Crippen LogP contribution in [-0.4, -0.2) is 41.1 Å². The van der Waals surface area contributed by atoms with E-state index in [-0.39, 0.29) is 9.77 Å². The van der Waals surface area contributed by atoms with E-state index in [4.69, 9.17) is 0 Å². The lowest BCUT2D eigenvalue weighted by Crippen LogP contribution is -2.31. The average Bonchev–Trinajstić information content (AvgIpc) is 3.04. The van der Waals surface area contributed by atoms with Crippen LogP contribution >= 0.6 is 11.3 Å². The molecule has 0 bridgehead atoms. The second-order valence-electron chi connectivity index (χ2n) is 4.78. The Morgan fingerprint density at radius 2 is 2.35 bits per heavy atom. The highest BCUT2D eigenvalue weighted by atomic mass is 32.2. The predicted molar refractivity (Wildman–Crippen MR) is 76.6 cm³/mol. The van der Waals surface area contributed by atoms with Crippen LogP contribution in [0.1, 0.15) is 21.7 Å². The number of esters is 1. The Hall–Kier alpha value is -0.960. The fraction of sp³-hybridized carbons (Fsp3) is 0.583. The normalized spacial score (nSPS) is 19.2. The third-order valence-electron chi connectivity index (χ3n) is 3.28. The maximum atomic E-state index is 12.4. The van der Waals surface area contributed by atoms with E-state index in [1.54, 1.807) is 12.3 Å². The summed E-state index contributed by atoms with van der Waals surface area (Å²) in [6, 6.07) is 0. The second kappa shape index (κ2) is 6.21. The molecule has 0 aliphatic carbocycles. The lowest BCUT2D eigenvalue weighted by atomic mass is 10.1. The number of carbonyl (C=O) groups is 1. The number of ether oxygens (including phenoxy) is 1. The average molecular weight is 318 g/mol. The minimum absolute atomic E-state index is 0.0420. The van der Waals surface area contributed by atoms with Crippen LogP contribution in [0.15, 0.2) is 10.3 Å². The van der Waals surface area contributed by atoms with Crippen LogP contribution in [0, 0.1) is 12.8 Å². The molecular weight excluding hydrogens is 300 g/mol. The van der Waals surface area contributed by atoms with Gasteiger partial charge in [0.25, 0.3) is 0 Å². The van der Waals surface area contributed by atoms with Crippen molar-refractivity contribution < 1.29 is 17.9 Å². The van der Waals surface area contributed by atoms with E-state index in [1.807, 2.05) is 0 Å². The van der Waals surface area contributed by atoms with Gasteiger partial charge in [0.15, 0.2) is 0 Å². The number of sulfonamides is 1. The van der Waals surface area contributed by atoms with Crippen LogP contribution in [0.4, 0.5) is 0 Å². The summed E-state index contributed by atoms with van der Waals surface area (Å²) in [5.74, 6) is -0.323. The lowest BCUT2D eigenvalue weighted by Gasteiger charge is -2.11. The topological polar surface area (TPSA) is 84.5 Å². The molecule has 0 amide bonds. The molecule has 112 valence electrons. The third kappa shape index (κ3) is 3.20. The Balaban J connectivity index is 2.20. The van der Waals surface area contributed by atoms with E-state index in [0.717, 1.165) is 30.8 Å². The first-order valence-corrected chi connectivity index (χ1v) is 8.68. The van der Waals surface area contributed by atoms with Crippen molar-refractivity contribution in [1.82, 2.24) is 10.0 Å². The molecular formula is C12H18N2O4S2. The molecule has 0 saturated carbocycles. The van der Waals surface area contributed by atoms with Crippen molar-refractivity contribution in [2.45, 2.75) is 18.2 Å². The molecule has 1 unspecified atom stereocenters. The fourth-order valence-electron chi connectivity index (χ4n) is 2.19. The Bertz CT molecular complexity index is 589. The van der Waals surface area contributed by atoms with Gasteiger partial charge in [-0.3, -0.25) is 0 Å². The van der Waals surface area contributed by atoms with E-state index in [1.165, 1.54) is 7.11 Å². The molecule has 0 spiro atoms. The van der Waals surface area contributed by atoms with Crippen molar-refractivity contribution in [3.8, 4) is 0 Å². The fourth-order valence-corrected chi connectivity index (χ4v) is 5.01. The zero-order valence-corrected chi connectivity index (χ0v) is 13.1. The van der Waals surface area contributed by atoms with Crippen LogP contribution in [0.5, 0.6) is 0 Å². The highest BCUT2D eigenvalue weighted by Crippen LogP contribution is 2.27. The highest BCUT2D eigenvalue weighted by Gasteiger charge is 2.28. The first-order valence-electron chi connectivity index (χ1n) is 6.32. The minimum Gasteiger partial charge on any atom is -0.465 e. The Kier molecular flexibility index (Phi) is 4.79. The maximum absolute atomic E-state index is 12.4.